The number of hydrogen-bond acceptors (Lipinski definition) is 18. The summed E-state index contributed by atoms with van der Waals surface area (Å²) >= 11 is 0. The number of nitrogens with one attached hydrogen (secondary N) is 6. The average Bonchev–Trinajstić information content (AvgIpc) is 0.674. The van der Waals surface area contributed by atoms with Gasteiger partial charge in [0.2, 0.25) is 6.29 Å². The lowest BCUT2D eigenvalue weighted by atomic mass is 9.33. The van der Waals surface area contributed by atoms with Crippen LogP contribution in [-0.4, -0.2) is 127 Å². The minimum absolute atomic E-state index is 0.0342. The molecule has 7 aliphatic rings. The Kier molecular flexibility index (Phi) is 19.8. The predicted molar refractivity (Wildman–Crippen MR) is 340 cm³/mol. The summed E-state index contributed by atoms with van der Waals surface area (Å²) < 4.78 is 56.8. The minimum Gasteiger partial charge on any atom is -0.455 e. The number of esters is 5. The van der Waals surface area contributed by atoms with Crippen LogP contribution in [0.15, 0.2) is 103 Å². The van der Waals surface area contributed by atoms with Crippen LogP contribution in [0.1, 0.15) is 141 Å². The molecule has 10 rings (SSSR count). The molecule has 0 bridgehead atoms. The van der Waals surface area contributed by atoms with Crippen LogP contribution in [-0.2, 0) is 71.4 Å². The number of ether oxygens (including phenoxy) is 9. The maximum atomic E-state index is 15.7. The second-order valence-electron chi connectivity index (χ2n) is 28.4. The maximum Gasteiger partial charge on any atom is 0.321 e. The lowest BCUT2D eigenvalue weighted by Gasteiger charge is -2.70. The van der Waals surface area contributed by atoms with Gasteiger partial charge in [-0.25, -0.2) is 14.4 Å². The average molecular weight is 1300 g/mol. The molecule has 0 radical (unpaired) electrons. The van der Waals surface area contributed by atoms with Crippen LogP contribution in [0.4, 0.5) is 31.4 Å². The molecule has 508 valence electrons. The number of para-hydroxylation sites is 3. The first kappa shape index (κ1) is 68.9. The van der Waals surface area contributed by atoms with Gasteiger partial charge >= 0.3 is 47.9 Å². The highest BCUT2D eigenvalue weighted by Gasteiger charge is 2.71. The Morgan fingerprint density at radius 3 is 1.40 bits per heavy atom. The topological polar surface area (TPSA) is 309 Å². The molecular weight excluding hydrogens is 1210 g/mol. The molecule has 2 heterocycles. The van der Waals surface area contributed by atoms with Gasteiger partial charge in [0.05, 0.1) is 6.10 Å². The molecule has 0 spiro atoms. The monoisotopic (exact) mass is 1300 g/mol. The van der Waals surface area contributed by atoms with Gasteiger partial charge in [-0.1, -0.05) is 102 Å². The Balaban J connectivity index is 0.999. The molecule has 24 nitrogen and oxygen atoms in total. The number of carbonyl (C=O) groups is 9. The molecule has 0 unspecified atom stereocenters. The van der Waals surface area contributed by atoms with Gasteiger partial charge in [0.15, 0.2) is 61.2 Å². The van der Waals surface area contributed by atoms with Crippen LogP contribution >= 0.6 is 0 Å². The van der Waals surface area contributed by atoms with Gasteiger partial charge in [0, 0.05) is 63.1 Å². The Morgan fingerprint density at radius 2 is 0.915 bits per heavy atom. The van der Waals surface area contributed by atoms with Crippen LogP contribution in [0.25, 0.3) is 0 Å². The Bertz CT molecular complexity index is 3390. The third-order valence-corrected chi connectivity index (χ3v) is 21.7. The normalized spacial score (nSPS) is 36.2. The quantitative estimate of drug-likeness (QED) is 0.0468. The summed E-state index contributed by atoms with van der Waals surface area (Å²) in [6.45, 7) is 20.9. The van der Waals surface area contributed by atoms with Crippen molar-refractivity contribution in [2.45, 2.75) is 214 Å². The van der Waals surface area contributed by atoms with E-state index in [2.05, 4.69) is 80.4 Å². The van der Waals surface area contributed by atoms with Gasteiger partial charge in [-0.15, -0.1) is 0 Å². The number of anilines is 3. The molecule has 19 atom stereocenters. The van der Waals surface area contributed by atoms with E-state index < -0.39 is 137 Å². The van der Waals surface area contributed by atoms with Crippen molar-refractivity contribution < 1.29 is 85.8 Å². The molecule has 2 saturated heterocycles. The van der Waals surface area contributed by atoms with Gasteiger partial charge in [0.1, 0.15) is 0 Å². The molecule has 6 fully saturated rings. The fourth-order valence-electron chi connectivity index (χ4n) is 17.2. The van der Waals surface area contributed by atoms with E-state index in [9.17, 15) is 38.4 Å². The number of ketones is 1. The Labute approximate surface area is 548 Å². The van der Waals surface area contributed by atoms with Crippen LogP contribution in [0.3, 0.4) is 0 Å². The number of hydrogen-bond donors (Lipinski definition) is 6. The van der Waals surface area contributed by atoms with E-state index >= 15 is 4.79 Å². The zero-order valence-corrected chi connectivity index (χ0v) is 55.5. The second kappa shape index (κ2) is 27.1. The number of urea groups is 3. The van der Waals surface area contributed by atoms with E-state index in [0.29, 0.717) is 49.2 Å². The van der Waals surface area contributed by atoms with Crippen molar-refractivity contribution in [2.75, 3.05) is 16.0 Å². The minimum atomic E-state index is -1.98. The molecule has 94 heavy (non-hydrogen) atoms. The summed E-state index contributed by atoms with van der Waals surface area (Å²) in [4.78, 5) is 123. The Hall–Kier alpha value is -7.93. The number of amides is 6. The largest absolute Gasteiger partial charge is 0.455 e. The lowest BCUT2D eigenvalue weighted by Crippen LogP contribution is -2.70. The van der Waals surface area contributed by atoms with Crippen molar-refractivity contribution in [1.29, 1.82) is 0 Å². The first-order valence-electron chi connectivity index (χ1n) is 32.5. The SMILES string of the molecule is CC(=O)O[C@@H]1[C@@H](OC(C)=O)[C@H](O[C@H]2[C@H](O[C@H]3CC[C@]4(C)[C@H]5C(=O)C=C6[C@@H]7C[C@@](C)(NC(=O)Nc8ccccc8)CC[C@]7(C)CC[C@@]6(C)[C@]5(C)CC[C@H]4C3(C)C)O[C@H](NC(=O)Nc3ccccc3)[C@@H](OC(C)=O)[C@@H]2OC(C)=O)O[C@@H](NC(=O)Nc2ccccc2)[C@H]1OC(C)=O. The van der Waals surface area contributed by atoms with Gasteiger partial charge in [0.25, 0.3) is 0 Å². The fourth-order valence-corrected chi connectivity index (χ4v) is 17.2. The van der Waals surface area contributed by atoms with Gasteiger partial charge in [-0.05, 0) is 146 Å². The third-order valence-electron chi connectivity index (χ3n) is 21.7. The van der Waals surface area contributed by atoms with Gasteiger partial charge in [-0.3, -0.25) is 28.8 Å². The van der Waals surface area contributed by atoms with Crippen LogP contribution in [0, 0.1) is 44.8 Å². The van der Waals surface area contributed by atoms with Crippen LogP contribution in [0.2, 0.25) is 0 Å². The van der Waals surface area contributed by atoms with Crippen LogP contribution < -0.4 is 31.9 Å². The zero-order valence-electron chi connectivity index (χ0n) is 55.5. The first-order valence-corrected chi connectivity index (χ1v) is 32.5. The molecule has 3 aromatic rings. The highest BCUT2D eigenvalue weighted by Crippen LogP contribution is 2.75. The third kappa shape index (κ3) is 14.1. The molecular formula is C70H90N6O18. The molecule has 24 heteroatoms. The molecule has 6 N–H and O–H groups in total. The van der Waals surface area contributed by atoms with E-state index in [1.165, 1.54) is 5.57 Å². The molecule has 5 aliphatic carbocycles. The van der Waals surface area contributed by atoms with E-state index in [1.807, 2.05) is 36.4 Å². The summed E-state index contributed by atoms with van der Waals surface area (Å²) in [5.41, 5.74) is -0.259. The summed E-state index contributed by atoms with van der Waals surface area (Å²) in [7, 11) is 0. The number of carbonyl (C=O) groups excluding carboxylic acids is 9. The van der Waals surface area contributed by atoms with E-state index in [1.54, 1.807) is 60.7 Å². The van der Waals surface area contributed by atoms with Crippen molar-refractivity contribution in [3.05, 3.63) is 103 Å². The van der Waals surface area contributed by atoms with Crippen molar-refractivity contribution in [3.63, 3.8) is 0 Å². The van der Waals surface area contributed by atoms with Crippen molar-refractivity contribution in [3.8, 4) is 0 Å². The zero-order chi connectivity index (χ0) is 67.9. The van der Waals surface area contributed by atoms with Crippen molar-refractivity contribution in [2.24, 2.45) is 44.8 Å². The summed E-state index contributed by atoms with van der Waals surface area (Å²) in [6, 6.07) is 24.1. The first-order chi connectivity index (χ1) is 44.3. The molecule has 4 saturated carbocycles. The van der Waals surface area contributed by atoms with Gasteiger partial charge < -0.3 is 74.5 Å². The van der Waals surface area contributed by atoms with E-state index in [-0.39, 0.29) is 34.5 Å². The number of fused-ring (bicyclic) bond motifs is 7. The lowest BCUT2D eigenvalue weighted by molar-refractivity contribution is -0.378. The number of allylic oxidation sites excluding steroid dienone is 2. The molecule has 0 aromatic heterocycles. The number of benzene rings is 3. The fraction of sp³-hybridized carbons (Fsp3) is 0.586. The van der Waals surface area contributed by atoms with Crippen molar-refractivity contribution in [1.82, 2.24) is 16.0 Å². The summed E-state index contributed by atoms with van der Waals surface area (Å²) in [5, 5.41) is 17.1. The Morgan fingerprint density at radius 1 is 0.479 bits per heavy atom. The molecule has 2 aliphatic heterocycles. The smallest absolute Gasteiger partial charge is 0.321 e. The van der Waals surface area contributed by atoms with Crippen LogP contribution in [0.5, 0.6) is 0 Å². The van der Waals surface area contributed by atoms with Crippen molar-refractivity contribution >= 4 is 70.8 Å². The maximum absolute atomic E-state index is 15.7. The molecule has 3 aromatic carbocycles. The summed E-state index contributed by atoms with van der Waals surface area (Å²) in [6.07, 6.45) is -10.1. The highest BCUT2D eigenvalue weighted by molar-refractivity contribution is 5.96. The highest BCUT2D eigenvalue weighted by atomic mass is 16.8. The standard InChI is InChI=1S/C70H90N6O18/c1-38(77)86-51-53(88-40(3)79)59(75-63(84)72-44-24-18-14-19-25-44)94-61(55(51)90-42(5)81)92-56-52(87-39(2)78)54(89-41(4)80)58(74-62(83)71-43-22-16-13-17-23-43)93-60(56)91-50-29-30-68(10)49(65(50,6)7)28-31-70(12)57(68)48(82)36-46-47-37-67(9,34-32-66(47,8)33-35-69(46,70)11)76-64(85)73-45-26-20-15-21-27-45/h13-27,36,47,49-61H,28-35,37H2,1-12H3,(H2,71,74,83)(H2,72,75,84)(H2,73,76,85)/t47-,49-,50-,51-,52-,53-,54-,55+,56+,57+,58-,59+,60+,61+,66+,67-,68-,69+,70+/m0/s1. The number of rotatable bonds is 15. The second-order valence-corrected chi connectivity index (χ2v) is 28.4. The van der Waals surface area contributed by atoms with E-state index in [0.717, 1.165) is 60.3 Å². The van der Waals surface area contributed by atoms with Gasteiger partial charge in [-0.2, -0.15) is 0 Å². The van der Waals surface area contributed by atoms with E-state index in [4.69, 9.17) is 42.6 Å². The summed E-state index contributed by atoms with van der Waals surface area (Å²) in [5.74, 6) is -5.07. The predicted octanol–water partition coefficient (Wildman–Crippen LogP) is 9.98. The molecule has 6 amide bonds.